The predicted molar refractivity (Wildman–Crippen MR) is 94.3 cm³/mol. The zero-order chi connectivity index (χ0) is 20.0. The summed E-state index contributed by atoms with van der Waals surface area (Å²) >= 11 is 0. The molecular formula is C17H24F3N5O2. The summed E-state index contributed by atoms with van der Waals surface area (Å²) in [5, 5.41) is 4.80. The van der Waals surface area contributed by atoms with Crippen molar-refractivity contribution in [3.05, 3.63) is 23.9 Å². The van der Waals surface area contributed by atoms with Crippen LogP contribution in [-0.4, -0.2) is 60.6 Å². The molecule has 2 N–H and O–H groups in total. The smallest absolute Gasteiger partial charge is 0.355 e. The third-order valence-electron chi connectivity index (χ3n) is 4.43. The van der Waals surface area contributed by atoms with E-state index in [1.807, 2.05) is 9.80 Å². The largest absolute Gasteiger partial charge is 0.417 e. The van der Waals surface area contributed by atoms with Gasteiger partial charge in [-0.3, -0.25) is 15.0 Å². The van der Waals surface area contributed by atoms with Crippen LogP contribution < -0.4 is 15.5 Å². The Balaban J connectivity index is 1.94. The van der Waals surface area contributed by atoms with Crippen molar-refractivity contribution in [3.8, 4) is 0 Å². The lowest BCUT2D eigenvalue weighted by atomic mass is 10.2. The van der Waals surface area contributed by atoms with Crippen LogP contribution in [0.4, 0.5) is 23.8 Å². The molecule has 3 amide bonds. The first-order valence-electron chi connectivity index (χ1n) is 8.83. The number of carbonyl (C=O) groups excluding carboxylic acids is 2. The van der Waals surface area contributed by atoms with Gasteiger partial charge in [0.25, 0.3) is 0 Å². The van der Waals surface area contributed by atoms with Crippen LogP contribution in [0.3, 0.4) is 0 Å². The Bertz CT molecular complexity index is 651. The van der Waals surface area contributed by atoms with E-state index in [4.69, 9.17) is 0 Å². The molecule has 0 radical (unpaired) electrons. The van der Waals surface area contributed by atoms with Gasteiger partial charge in [-0.05, 0) is 32.4 Å². The van der Waals surface area contributed by atoms with Gasteiger partial charge in [-0.1, -0.05) is 0 Å². The minimum atomic E-state index is -4.41. The first-order valence-corrected chi connectivity index (χ1v) is 8.83. The Labute approximate surface area is 155 Å². The molecule has 27 heavy (non-hydrogen) atoms. The Kier molecular flexibility index (Phi) is 7.00. The molecule has 2 heterocycles. The number of anilines is 1. The van der Waals surface area contributed by atoms with Crippen LogP contribution in [0, 0.1) is 0 Å². The maximum Gasteiger partial charge on any atom is 0.417 e. The van der Waals surface area contributed by atoms with E-state index in [2.05, 4.69) is 15.6 Å². The van der Waals surface area contributed by atoms with Gasteiger partial charge in [-0.15, -0.1) is 0 Å². The molecule has 0 bridgehead atoms. The van der Waals surface area contributed by atoms with E-state index in [0.29, 0.717) is 38.5 Å². The maximum absolute atomic E-state index is 12.7. The highest BCUT2D eigenvalue weighted by atomic mass is 19.4. The number of hydrogen-bond donors (Lipinski definition) is 2. The van der Waals surface area contributed by atoms with Gasteiger partial charge in [0.05, 0.1) is 11.6 Å². The zero-order valence-electron chi connectivity index (χ0n) is 15.3. The fourth-order valence-corrected chi connectivity index (χ4v) is 2.88. The number of alkyl halides is 3. The van der Waals surface area contributed by atoms with Crippen molar-refractivity contribution in [2.24, 2.45) is 0 Å². The molecule has 10 heteroatoms. The number of amides is 3. The highest BCUT2D eigenvalue weighted by Gasteiger charge is 2.31. The third kappa shape index (κ3) is 5.81. The SMILES string of the molecule is CCNC(=O)NC(=O)C(C)N1CCCN(c2ccc(C(F)(F)F)cn2)CC1. The molecule has 1 unspecified atom stereocenters. The topological polar surface area (TPSA) is 77.6 Å². The molecule has 1 aromatic heterocycles. The highest BCUT2D eigenvalue weighted by Crippen LogP contribution is 2.29. The summed E-state index contributed by atoms with van der Waals surface area (Å²) in [6, 6.07) is 1.37. The van der Waals surface area contributed by atoms with Crippen LogP contribution in [-0.2, 0) is 11.0 Å². The van der Waals surface area contributed by atoms with Gasteiger partial charge >= 0.3 is 12.2 Å². The second-order valence-electron chi connectivity index (χ2n) is 6.30. The molecule has 0 spiro atoms. The second kappa shape index (κ2) is 9.03. The number of rotatable bonds is 4. The van der Waals surface area contributed by atoms with Gasteiger partial charge in [-0.25, -0.2) is 9.78 Å². The number of aromatic nitrogens is 1. The molecule has 1 atom stereocenters. The van der Waals surface area contributed by atoms with Gasteiger partial charge in [0, 0.05) is 38.9 Å². The number of halogens is 3. The van der Waals surface area contributed by atoms with E-state index >= 15 is 0 Å². The molecule has 0 aromatic carbocycles. The fourth-order valence-electron chi connectivity index (χ4n) is 2.88. The first kappa shape index (κ1) is 20.9. The Morgan fingerprint density at radius 2 is 1.96 bits per heavy atom. The number of carbonyl (C=O) groups is 2. The quantitative estimate of drug-likeness (QED) is 0.825. The summed E-state index contributed by atoms with van der Waals surface area (Å²) in [5.41, 5.74) is -0.779. The zero-order valence-corrected chi connectivity index (χ0v) is 15.3. The molecular weight excluding hydrogens is 363 g/mol. The van der Waals surface area contributed by atoms with Crippen LogP contribution in [0.25, 0.3) is 0 Å². The molecule has 1 saturated heterocycles. The van der Waals surface area contributed by atoms with E-state index in [0.717, 1.165) is 18.7 Å². The lowest BCUT2D eigenvalue weighted by molar-refractivity contribution is -0.137. The highest BCUT2D eigenvalue weighted by molar-refractivity contribution is 5.96. The third-order valence-corrected chi connectivity index (χ3v) is 4.43. The normalized spacial score (nSPS) is 17.1. The standard InChI is InChI=1S/C17H24F3N5O2/c1-3-21-16(27)23-15(26)12(2)24-7-4-8-25(10-9-24)14-6-5-13(11-22-14)17(18,19)20/h5-6,11-12H,3-4,7-10H2,1-2H3,(H2,21,23,26,27). The van der Waals surface area contributed by atoms with Crippen molar-refractivity contribution in [1.82, 2.24) is 20.5 Å². The lowest BCUT2D eigenvalue weighted by Crippen LogP contribution is -2.50. The van der Waals surface area contributed by atoms with E-state index in [-0.39, 0.29) is 5.91 Å². The number of nitrogens with one attached hydrogen (secondary N) is 2. The van der Waals surface area contributed by atoms with Crippen LogP contribution in [0.1, 0.15) is 25.8 Å². The van der Waals surface area contributed by atoms with Gasteiger partial charge in [0.1, 0.15) is 5.82 Å². The summed E-state index contributed by atoms with van der Waals surface area (Å²) in [7, 11) is 0. The van der Waals surface area contributed by atoms with Gasteiger partial charge in [0.15, 0.2) is 0 Å². The molecule has 0 aliphatic carbocycles. The molecule has 1 aliphatic rings. The number of imide groups is 1. The van der Waals surface area contributed by atoms with Gasteiger partial charge < -0.3 is 10.2 Å². The minimum absolute atomic E-state index is 0.387. The summed E-state index contributed by atoms with van der Waals surface area (Å²) in [4.78, 5) is 31.4. The Hall–Kier alpha value is -2.36. The lowest BCUT2D eigenvalue weighted by Gasteiger charge is -2.27. The van der Waals surface area contributed by atoms with Crippen molar-refractivity contribution < 1.29 is 22.8 Å². The minimum Gasteiger partial charge on any atom is -0.355 e. The number of pyridine rings is 1. The van der Waals surface area contributed by atoms with Crippen LogP contribution in [0.5, 0.6) is 0 Å². The predicted octanol–water partition coefficient (Wildman–Crippen LogP) is 1.85. The van der Waals surface area contributed by atoms with Crippen molar-refractivity contribution in [1.29, 1.82) is 0 Å². The van der Waals surface area contributed by atoms with Gasteiger partial charge in [0.2, 0.25) is 5.91 Å². The Morgan fingerprint density at radius 1 is 1.22 bits per heavy atom. The molecule has 1 aliphatic heterocycles. The molecule has 7 nitrogen and oxygen atoms in total. The summed E-state index contributed by atoms with van der Waals surface area (Å²) in [6.45, 7) is 6.23. The van der Waals surface area contributed by atoms with Crippen LogP contribution >= 0.6 is 0 Å². The van der Waals surface area contributed by atoms with E-state index < -0.39 is 23.8 Å². The Morgan fingerprint density at radius 3 is 2.56 bits per heavy atom. The van der Waals surface area contributed by atoms with Crippen molar-refractivity contribution in [2.45, 2.75) is 32.5 Å². The van der Waals surface area contributed by atoms with Crippen molar-refractivity contribution >= 4 is 17.8 Å². The number of nitrogens with zero attached hydrogens (tertiary/aromatic N) is 3. The summed E-state index contributed by atoms with van der Waals surface area (Å²) < 4.78 is 38.0. The monoisotopic (exact) mass is 387 g/mol. The number of urea groups is 1. The van der Waals surface area contributed by atoms with E-state index in [9.17, 15) is 22.8 Å². The molecule has 1 aromatic rings. The average Bonchev–Trinajstić information content (AvgIpc) is 2.86. The van der Waals surface area contributed by atoms with Crippen molar-refractivity contribution in [2.75, 3.05) is 37.6 Å². The molecule has 1 fully saturated rings. The number of hydrogen-bond acceptors (Lipinski definition) is 5. The van der Waals surface area contributed by atoms with Crippen LogP contribution in [0.2, 0.25) is 0 Å². The van der Waals surface area contributed by atoms with Gasteiger partial charge in [-0.2, -0.15) is 13.2 Å². The summed E-state index contributed by atoms with van der Waals surface area (Å²) in [6.07, 6.45) is -2.85. The second-order valence-corrected chi connectivity index (χ2v) is 6.30. The average molecular weight is 387 g/mol. The van der Waals surface area contributed by atoms with Crippen molar-refractivity contribution in [3.63, 3.8) is 0 Å². The molecule has 0 saturated carbocycles. The fraction of sp³-hybridized carbons (Fsp3) is 0.588. The van der Waals surface area contributed by atoms with Crippen LogP contribution in [0.15, 0.2) is 18.3 Å². The van der Waals surface area contributed by atoms with E-state index in [1.165, 1.54) is 6.07 Å². The molecule has 150 valence electrons. The maximum atomic E-state index is 12.7. The first-order chi connectivity index (χ1) is 12.7. The molecule has 2 rings (SSSR count). The van der Waals surface area contributed by atoms with E-state index in [1.54, 1.807) is 13.8 Å². The summed E-state index contributed by atoms with van der Waals surface area (Å²) in [5.74, 6) is 0.0892.